The predicted molar refractivity (Wildman–Crippen MR) is 80.0 cm³/mol. The Kier molecular flexibility index (Phi) is 8.12. The van der Waals surface area contributed by atoms with E-state index in [1.165, 1.54) is 13.8 Å². The largest absolute Gasteiger partial charge is 0.463 e. The van der Waals surface area contributed by atoms with Crippen molar-refractivity contribution in [3.8, 4) is 0 Å². The molecule has 1 aliphatic heterocycles. The topological polar surface area (TPSA) is 71.1 Å². The van der Waals surface area contributed by atoms with Gasteiger partial charge in [0.15, 0.2) is 6.29 Å². The maximum atomic E-state index is 11.3. The normalized spacial score (nSPS) is 25.5. The third-order valence-corrected chi connectivity index (χ3v) is 3.27. The molecule has 126 valence electrons. The summed E-state index contributed by atoms with van der Waals surface area (Å²) in [5.74, 6) is -0.836. The van der Waals surface area contributed by atoms with Gasteiger partial charge in [-0.3, -0.25) is 9.59 Å². The zero-order valence-corrected chi connectivity index (χ0v) is 13.7. The molecule has 0 N–H and O–H groups in total. The van der Waals surface area contributed by atoms with Crippen LogP contribution in [-0.4, -0.2) is 43.7 Å². The van der Waals surface area contributed by atoms with Crippen LogP contribution < -0.4 is 0 Å². The van der Waals surface area contributed by atoms with Gasteiger partial charge in [-0.05, 0) is 13.3 Å². The number of esters is 2. The smallest absolute Gasteiger partial charge is 0.302 e. The highest BCUT2D eigenvalue weighted by Gasteiger charge is 2.35. The lowest BCUT2D eigenvalue weighted by Crippen LogP contribution is -2.42. The molecule has 6 nitrogen and oxygen atoms in total. The lowest BCUT2D eigenvalue weighted by molar-refractivity contribution is -0.212. The molecule has 0 fully saturated rings. The lowest BCUT2D eigenvalue weighted by atomic mass is 9.94. The fourth-order valence-corrected chi connectivity index (χ4v) is 2.39. The number of hydrogen-bond donors (Lipinski definition) is 0. The molecule has 0 radical (unpaired) electrons. The molecule has 0 amide bonds. The second-order valence-electron chi connectivity index (χ2n) is 5.20. The molecule has 0 bridgehead atoms. The van der Waals surface area contributed by atoms with E-state index in [9.17, 15) is 9.59 Å². The Labute approximate surface area is 131 Å². The highest BCUT2D eigenvalue weighted by Crippen LogP contribution is 2.27. The van der Waals surface area contributed by atoms with Crippen LogP contribution in [0, 0.1) is 5.92 Å². The molecule has 4 atom stereocenters. The van der Waals surface area contributed by atoms with Crippen molar-refractivity contribution in [2.75, 3.05) is 13.2 Å². The van der Waals surface area contributed by atoms with Crippen molar-refractivity contribution < 1.29 is 28.5 Å². The summed E-state index contributed by atoms with van der Waals surface area (Å²) in [4.78, 5) is 22.2. The van der Waals surface area contributed by atoms with Crippen LogP contribution in [0.15, 0.2) is 12.2 Å². The van der Waals surface area contributed by atoms with Crippen LogP contribution in [0.1, 0.15) is 40.5 Å². The minimum atomic E-state index is -0.522. The molecule has 1 heterocycles. The maximum absolute atomic E-state index is 11.3. The van der Waals surface area contributed by atoms with E-state index >= 15 is 0 Å². The van der Waals surface area contributed by atoms with E-state index < -0.39 is 6.29 Å². The van der Waals surface area contributed by atoms with Crippen LogP contribution in [0.4, 0.5) is 0 Å². The first-order valence-electron chi connectivity index (χ1n) is 7.73. The molecule has 0 aromatic heterocycles. The number of carbonyl (C=O) groups excluding carboxylic acids is 2. The highest BCUT2D eigenvalue weighted by molar-refractivity contribution is 5.66. The van der Waals surface area contributed by atoms with Crippen molar-refractivity contribution in [1.82, 2.24) is 0 Å². The minimum absolute atomic E-state index is 0.147. The van der Waals surface area contributed by atoms with Gasteiger partial charge in [-0.25, -0.2) is 0 Å². The zero-order valence-electron chi connectivity index (χ0n) is 13.7. The van der Waals surface area contributed by atoms with Crippen LogP contribution in [0.3, 0.4) is 0 Å². The van der Waals surface area contributed by atoms with Gasteiger partial charge in [-0.15, -0.1) is 0 Å². The van der Waals surface area contributed by atoms with Gasteiger partial charge in [0, 0.05) is 20.5 Å². The van der Waals surface area contributed by atoms with Gasteiger partial charge < -0.3 is 18.9 Å². The molecule has 0 unspecified atom stereocenters. The average Bonchev–Trinajstić information content (AvgIpc) is 2.45. The van der Waals surface area contributed by atoms with Crippen LogP contribution in [0.2, 0.25) is 0 Å². The summed E-state index contributed by atoms with van der Waals surface area (Å²) in [5.41, 5.74) is 0. The third kappa shape index (κ3) is 6.15. The monoisotopic (exact) mass is 314 g/mol. The summed E-state index contributed by atoms with van der Waals surface area (Å²) in [5, 5.41) is 0. The Hall–Kier alpha value is -1.40. The number of hydrogen-bond acceptors (Lipinski definition) is 6. The molecular weight excluding hydrogens is 288 g/mol. The van der Waals surface area contributed by atoms with E-state index in [1.54, 1.807) is 0 Å². The average molecular weight is 314 g/mol. The fraction of sp³-hybridized carbons (Fsp3) is 0.750. The van der Waals surface area contributed by atoms with Gasteiger partial charge in [-0.1, -0.05) is 25.5 Å². The van der Waals surface area contributed by atoms with Gasteiger partial charge >= 0.3 is 11.9 Å². The number of carbonyl (C=O) groups is 2. The summed E-state index contributed by atoms with van der Waals surface area (Å²) < 4.78 is 21.8. The van der Waals surface area contributed by atoms with Crippen molar-refractivity contribution >= 4 is 11.9 Å². The van der Waals surface area contributed by atoms with Crippen LogP contribution in [-0.2, 0) is 28.5 Å². The Morgan fingerprint density at radius 1 is 1.18 bits per heavy atom. The third-order valence-electron chi connectivity index (χ3n) is 3.27. The molecule has 1 rings (SSSR count). The fourth-order valence-electron chi connectivity index (χ4n) is 2.39. The lowest BCUT2D eigenvalue weighted by Gasteiger charge is -2.35. The Morgan fingerprint density at radius 2 is 1.91 bits per heavy atom. The predicted octanol–water partition coefficient (Wildman–Crippen LogP) is 2.22. The number of rotatable bonds is 8. The maximum Gasteiger partial charge on any atom is 0.302 e. The molecule has 0 aromatic carbocycles. The van der Waals surface area contributed by atoms with E-state index in [0.717, 1.165) is 12.8 Å². The van der Waals surface area contributed by atoms with Gasteiger partial charge in [0.05, 0.1) is 5.92 Å². The summed E-state index contributed by atoms with van der Waals surface area (Å²) in [7, 11) is 0. The molecule has 0 saturated heterocycles. The van der Waals surface area contributed by atoms with E-state index in [1.807, 2.05) is 26.0 Å². The molecule has 6 heteroatoms. The molecule has 0 aromatic rings. The van der Waals surface area contributed by atoms with Gasteiger partial charge in [0.2, 0.25) is 0 Å². The highest BCUT2D eigenvalue weighted by atomic mass is 16.7. The molecule has 0 aliphatic carbocycles. The molecule has 0 saturated carbocycles. The molecular formula is C16H26O6. The Morgan fingerprint density at radius 3 is 2.45 bits per heavy atom. The second kappa shape index (κ2) is 9.58. The quantitative estimate of drug-likeness (QED) is 0.505. The van der Waals surface area contributed by atoms with Crippen molar-refractivity contribution in [2.24, 2.45) is 5.92 Å². The van der Waals surface area contributed by atoms with E-state index in [-0.39, 0.29) is 36.7 Å². The standard InChI is InChI=1S/C16H26O6/c1-5-7-15(21-12(4)18)14-9-8-13(10-20-11(3)17)22-16(14)19-6-2/h8-9,13-16H,5-7,10H2,1-4H3/t13-,14+,15-,16-/m1/s1. The minimum Gasteiger partial charge on any atom is -0.463 e. The van der Waals surface area contributed by atoms with Crippen molar-refractivity contribution in [3.63, 3.8) is 0 Å². The SMILES string of the molecule is CCC[C@@H](OC(C)=O)[C@@H]1C=C[C@H](COC(C)=O)O[C@H]1OCC. The zero-order chi connectivity index (χ0) is 16.5. The molecule has 22 heavy (non-hydrogen) atoms. The first-order chi connectivity index (χ1) is 10.5. The van der Waals surface area contributed by atoms with Gasteiger partial charge in [-0.2, -0.15) is 0 Å². The van der Waals surface area contributed by atoms with Crippen molar-refractivity contribution in [1.29, 1.82) is 0 Å². The van der Waals surface area contributed by atoms with Gasteiger partial charge in [0.1, 0.15) is 18.8 Å². The summed E-state index contributed by atoms with van der Waals surface area (Å²) in [6.07, 6.45) is 4.22. The Bertz CT molecular complexity index is 392. The second-order valence-corrected chi connectivity index (χ2v) is 5.20. The van der Waals surface area contributed by atoms with Gasteiger partial charge in [0.25, 0.3) is 0 Å². The van der Waals surface area contributed by atoms with E-state index in [4.69, 9.17) is 18.9 Å². The van der Waals surface area contributed by atoms with Crippen molar-refractivity contribution in [2.45, 2.75) is 59.0 Å². The molecule has 1 aliphatic rings. The van der Waals surface area contributed by atoms with Crippen LogP contribution in [0.25, 0.3) is 0 Å². The number of ether oxygens (including phenoxy) is 4. The summed E-state index contributed by atoms with van der Waals surface area (Å²) >= 11 is 0. The summed E-state index contributed by atoms with van der Waals surface area (Å²) in [6, 6.07) is 0. The van der Waals surface area contributed by atoms with Crippen molar-refractivity contribution in [3.05, 3.63) is 12.2 Å². The summed E-state index contributed by atoms with van der Waals surface area (Å²) in [6.45, 7) is 7.29. The van der Waals surface area contributed by atoms with E-state index in [2.05, 4.69) is 0 Å². The first-order valence-corrected chi connectivity index (χ1v) is 7.73. The van der Waals surface area contributed by atoms with E-state index in [0.29, 0.717) is 6.61 Å². The molecule has 0 spiro atoms. The Balaban J connectivity index is 2.78. The van der Waals surface area contributed by atoms with Crippen LogP contribution >= 0.6 is 0 Å². The van der Waals surface area contributed by atoms with Crippen LogP contribution in [0.5, 0.6) is 0 Å². The first kappa shape index (κ1) is 18.6.